The van der Waals surface area contributed by atoms with Gasteiger partial charge in [0.05, 0.1) is 6.54 Å². The molecule has 5 N–H and O–H groups in total. The molecule has 0 aromatic carbocycles. The first-order valence-corrected chi connectivity index (χ1v) is 6.79. The predicted molar refractivity (Wildman–Crippen MR) is 83.0 cm³/mol. The van der Waals surface area contributed by atoms with Crippen LogP contribution >= 0.6 is 0 Å². The molecule has 0 aliphatic rings. The molecule has 23 heavy (non-hydrogen) atoms. The van der Waals surface area contributed by atoms with Gasteiger partial charge in [-0.25, -0.2) is 4.79 Å². The van der Waals surface area contributed by atoms with Crippen LogP contribution in [0.5, 0.6) is 0 Å². The zero-order valence-electron chi connectivity index (χ0n) is 13.0. The molecule has 0 bridgehead atoms. The van der Waals surface area contributed by atoms with Gasteiger partial charge in [-0.05, 0) is 13.8 Å². The number of nitrogens with two attached hydrogens (primary N) is 2. The number of carbonyl (C=O) groups is 1. The minimum atomic E-state index is -0.828. The molecule has 0 unspecified atom stereocenters. The molecule has 0 saturated heterocycles. The summed E-state index contributed by atoms with van der Waals surface area (Å²) in [5, 5.41) is 6.40. The second kappa shape index (κ2) is 5.99. The van der Waals surface area contributed by atoms with E-state index in [4.69, 9.17) is 16.0 Å². The van der Waals surface area contributed by atoms with Crippen LogP contribution in [0.3, 0.4) is 0 Å². The number of hydrogen-bond donors (Lipinski definition) is 3. The second-order valence-corrected chi connectivity index (χ2v) is 5.19. The Bertz CT molecular complexity index is 862. The molecule has 10 heteroatoms. The topological polar surface area (TPSA) is 151 Å². The molecule has 0 radical (unpaired) electrons. The van der Waals surface area contributed by atoms with Crippen molar-refractivity contribution in [2.24, 2.45) is 12.8 Å². The summed E-state index contributed by atoms with van der Waals surface area (Å²) in [6.07, 6.45) is 0. The predicted octanol–water partition coefficient (Wildman–Crippen LogP) is -1.24. The molecule has 0 spiro atoms. The molecule has 10 nitrogen and oxygen atoms in total. The summed E-state index contributed by atoms with van der Waals surface area (Å²) in [6, 6.07) is 0.784. The summed E-state index contributed by atoms with van der Waals surface area (Å²) in [4.78, 5) is 36.0. The summed E-state index contributed by atoms with van der Waals surface area (Å²) in [5.74, 6) is -0.182. The highest BCUT2D eigenvalue weighted by molar-refractivity contribution is 5.83. The molecule has 2 aromatic rings. The first-order valence-electron chi connectivity index (χ1n) is 6.79. The monoisotopic (exact) mass is 322 g/mol. The van der Waals surface area contributed by atoms with Gasteiger partial charge in [-0.2, -0.15) is 0 Å². The molecule has 2 heterocycles. The van der Waals surface area contributed by atoms with Crippen LogP contribution in [-0.4, -0.2) is 26.2 Å². The number of hydrogen-bond acceptors (Lipinski definition) is 7. The maximum atomic E-state index is 12.5. The second-order valence-electron chi connectivity index (χ2n) is 5.19. The van der Waals surface area contributed by atoms with Crippen LogP contribution in [0.1, 0.15) is 18.4 Å². The number of aromatic nitrogens is 3. The van der Waals surface area contributed by atoms with E-state index in [0.717, 1.165) is 9.13 Å². The minimum Gasteiger partial charge on any atom is -0.383 e. The molecule has 0 aliphatic carbocycles. The van der Waals surface area contributed by atoms with Gasteiger partial charge in [0.25, 0.3) is 5.56 Å². The highest BCUT2D eigenvalue weighted by Crippen LogP contribution is 2.11. The molecule has 2 aromatic heterocycles. The average Bonchev–Trinajstić information content (AvgIpc) is 2.91. The average molecular weight is 322 g/mol. The fourth-order valence-electron chi connectivity index (χ4n) is 2.00. The molecule has 1 atom stereocenters. The summed E-state index contributed by atoms with van der Waals surface area (Å²) in [5.41, 5.74) is 10.0. The highest BCUT2D eigenvalue weighted by Gasteiger charge is 2.19. The molecule has 2 rings (SSSR count). The number of nitrogens with zero attached hydrogens (tertiary/aromatic N) is 3. The quantitative estimate of drug-likeness (QED) is 0.622. The van der Waals surface area contributed by atoms with Crippen LogP contribution in [0.2, 0.25) is 0 Å². The van der Waals surface area contributed by atoms with Crippen LogP contribution in [0, 0.1) is 6.92 Å². The van der Waals surface area contributed by atoms with E-state index in [1.165, 1.54) is 14.0 Å². The van der Waals surface area contributed by atoms with E-state index >= 15 is 0 Å². The SMILES string of the molecule is Cc1cc(Cn2c(=O)c(N[C@@H](C)C(N)=O)c(N)n(C)c2=O)no1. The fraction of sp³-hybridized carbons (Fsp3) is 0.385. The standard InChI is InChI=1S/C13H18N6O4/c1-6-4-8(17-23-6)5-19-12(21)9(16-7(2)11(15)20)10(14)18(3)13(19)22/h4,7,16H,5,14H2,1-3H3,(H2,15,20)/t7-/m0/s1. The lowest BCUT2D eigenvalue weighted by Crippen LogP contribution is -2.44. The normalized spacial score (nSPS) is 12.1. The smallest absolute Gasteiger partial charge is 0.332 e. The number of amides is 1. The Kier molecular flexibility index (Phi) is 4.25. The van der Waals surface area contributed by atoms with Gasteiger partial charge >= 0.3 is 5.69 Å². The van der Waals surface area contributed by atoms with Crippen molar-refractivity contribution in [3.05, 3.63) is 38.4 Å². The number of carbonyl (C=O) groups excluding carboxylic acids is 1. The van der Waals surface area contributed by atoms with E-state index < -0.39 is 23.2 Å². The summed E-state index contributed by atoms with van der Waals surface area (Å²) in [7, 11) is 1.42. The van der Waals surface area contributed by atoms with Crippen LogP contribution in [0.15, 0.2) is 20.2 Å². The van der Waals surface area contributed by atoms with Crippen molar-refractivity contribution in [3.8, 4) is 0 Å². The Morgan fingerprint density at radius 3 is 2.65 bits per heavy atom. The molecular weight excluding hydrogens is 304 g/mol. The molecule has 1 amide bonds. The van der Waals surface area contributed by atoms with Gasteiger partial charge < -0.3 is 21.3 Å². The molecule has 0 saturated carbocycles. The van der Waals surface area contributed by atoms with Crippen LogP contribution < -0.4 is 28.0 Å². The largest absolute Gasteiger partial charge is 0.383 e. The zero-order chi connectivity index (χ0) is 17.3. The van der Waals surface area contributed by atoms with E-state index in [-0.39, 0.29) is 18.1 Å². The lowest BCUT2D eigenvalue weighted by atomic mass is 10.3. The molecule has 0 fully saturated rings. The summed E-state index contributed by atoms with van der Waals surface area (Å²) < 4.78 is 6.97. The third-order valence-electron chi connectivity index (χ3n) is 3.38. The Balaban J connectivity index is 2.54. The summed E-state index contributed by atoms with van der Waals surface area (Å²) in [6.45, 7) is 3.10. The van der Waals surface area contributed by atoms with Crippen molar-refractivity contribution >= 4 is 17.4 Å². The van der Waals surface area contributed by atoms with E-state index in [9.17, 15) is 14.4 Å². The zero-order valence-corrected chi connectivity index (χ0v) is 13.0. The van der Waals surface area contributed by atoms with E-state index in [2.05, 4.69) is 10.5 Å². The van der Waals surface area contributed by atoms with Crippen molar-refractivity contribution < 1.29 is 9.32 Å². The number of anilines is 2. The number of nitrogens with one attached hydrogen (secondary N) is 1. The van der Waals surface area contributed by atoms with Gasteiger partial charge in [-0.15, -0.1) is 0 Å². The molecule has 0 aliphatic heterocycles. The Labute approximate surface area is 130 Å². The van der Waals surface area contributed by atoms with E-state index in [1.54, 1.807) is 13.0 Å². The Morgan fingerprint density at radius 1 is 1.48 bits per heavy atom. The van der Waals surface area contributed by atoms with Crippen LogP contribution in [0.4, 0.5) is 11.5 Å². The van der Waals surface area contributed by atoms with Crippen molar-refractivity contribution in [3.63, 3.8) is 0 Å². The third kappa shape index (κ3) is 3.10. The third-order valence-corrected chi connectivity index (χ3v) is 3.38. The van der Waals surface area contributed by atoms with E-state index in [0.29, 0.717) is 11.5 Å². The first kappa shape index (κ1) is 16.3. The van der Waals surface area contributed by atoms with Gasteiger partial charge in [-0.3, -0.25) is 18.7 Å². The van der Waals surface area contributed by atoms with Crippen molar-refractivity contribution in [2.45, 2.75) is 26.4 Å². The number of nitrogen functional groups attached to an aromatic ring is 1. The highest BCUT2D eigenvalue weighted by atomic mass is 16.5. The molecule has 124 valence electrons. The van der Waals surface area contributed by atoms with Gasteiger partial charge in [0.2, 0.25) is 5.91 Å². The maximum Gasteiger partial charge on any atom is 0.332 e. The van der Waals surface area contributed by atoms with E-state index in [1.807, 2.05) is 0 Å². The fourth-order valence-corrected chi connectivity index (χ4v) is 2.00. The lowest BCUT2D eigenvalue weighted by Gasteiger charge is -2.17. The van der Waals surface area contributed by atoms with Gasteiger partial charge in [-0.1, -0.05) is 5.16 Å². The summed E-state index contributed by atoms with van der Waals surface area (Å²) >= 11 is 0. The Morgan fingerprint density at radius 2 is 2.13 bits per heavy atom. The van der Waals surface area contributed by atoms with Gasteiger partial charge in [0.15, 0.2) is 0 Å². The number of aryl methyl sites for hydroxylation is 1. The van der Waals surface area contributed by atoms with Crippen molar-refractivity contribution in [1.29, 1.82) is 0 Å². The van der Waals surface area contributed by atoms with Gasteiger partial charge in [0, 0.05) is 13.1 Å². The van der Waals surface area contributed by atoms with Gasteiger partial charge in [0.1, 0.15) is 29.0 Å². The Hall–Kier alpha value is -3.04. The van der Waals surface area contributed by atoms with Crippen LogP contribution in [0.25, 0.3) is 0 Å². The number of primary amides is 1. The van der Waals surface area contributed by atoms with Crippen molar-refractivity contribution in [2.75, 3.05) is 11.1 Å². The van der Waals surface area contributed by atoms with Crippen LogP contribution in [-0.2, 0) is 18.4 Å². The number of rotatable bonds is 5. The first-order chi connectivity index (χ1) is 10.7. The molecular formula is C13H18N6O4. The van der Waals surface area contributed by atoms with Crippen molar-refractivity contribution in [1.82, 2.24) is 14.3 Å². The minimum absolute atomic E-state index is 0.0707. The maximum absolute atomic E-state index is 12.5. The lowest BCUT2D eigenvalue weighted by molar-refractivity contribution is -0.118.